The molecule has 0 saturated heterocycles. The molecule has 0 aliphatic rings. The zero-order valence-electron chi connectivity index (χ0n) is 13.7. The first kappa shape index (κ1) is 19.0. The minimum atomic E-state index is -0.303. The van der Waals surface area contributed by atoms with E-state index in [1.165, 1.54) is 6.08 Å². The molecule has 0 radical (unpaired) electrons. The molecule has 0 aliphatic heterocycles. The van der Waals surface area contributed by atoms with Gasteiger partial charge in [0.2, 0.25) is 11.8 Å². The molecule has 0 aromatic heterocycles. The Balaban J connectivity index is 2.00. The maximum atomic E-state index is 12.0. The van der Waals surface area contributed by atoms with E-state index in [4.69, 9.17) is 23.2 Å². The summed E-state index contributed by atoms with van der Waals surface area (Å²) in [7, 11) is 0. The number of carbonyl (C=O) groups is 2. The first-order chi connectivity index (χ1) is 12.0. The van der Waals surface area contributed by atoms with Gasteiger partial charge in [-0.2, -0.15) is 0 Å². The van der Waals surface area contributed by atoms with Crippen molar-refractivity contribution in [3.8, 4) is 0 Å². The summed E-state index contributed by atoms with van der Waals surface area (Å²) in [5.74, 6) is -0.355. The molecular formula is C19H18Cl2N2O2. The topological polar surface area (TPSA) is 58.2 Å². The molecule has 0 aliphatic carbocycles. The second-order valence-electron chi connectivity index (χ2n) is 5.37. The number of halogens is 2. The Bertz CT molecular complexity index is 804. The second kappa shape index (κ2) is 9.25. The van der Waals surface area contributed by atoms with Gasteiger partial charge in [-0.1, -0.05) is 42.3 Å². The highest BCUT2D eigenvalue weighted by molar-refractivity contribution is 6.35. The quantitative estimate of drug-likeness (QED) is 0.664. The molecule has 0 fully saturated rings. The van der Waals surface area contributed by atoms with E-state index in [2.05, 4.69) is 10.6 Å². The maximum Gasteiger partial charge on any atom is 0.248 e. The molecule has 4 nitrogen and oxygen atoms in total. The number of hydrogen-bond acceptors (Lipinski definition) is 2. The second-order valence-corrected chi connectivity index (χ2v) is 6.21. The number of benzene rings is 2. The van der Waals surface area contributed by atoms with Gasteiger partial charge in [0, 0.05) is 33.9 Å². The highest BCUT2D eigenvalue weighted by Crippen LogP contribution is 2.22. The van der Waals surface area contributed by atoms with Crippen LogP contribution >= 0.6 is 23.2 Å². The van der Waals surface area contributed by atoms with Crippen LogP contribution in [0.25, 0.3) is 6.08 Å². The van der Waals surface area contributed by atoms with E-state index in [0.29, 0.717) is 33.4 Å². The van der Waals surface area contributed by atoms with Crippen LogP contribution in [0, 0.1) is 0 Å². The van der Waals surface area contributed by atoms with Gasteiger partial charge < -0.3 is 10.6 Å². The molecule has 0 unspecified atom stereocenters. The van der Waals surface area contributed by atoms with E-state index in [1.807, 2.05) is 6.92 Å². The van der Waals surface area contributed by atoms with E-state index in [-0.39, 0.29) is 11.8 Å². The lowest BCUT2D eigenvalue weighted by Gasteiger charge is -2.07. The Kier molecular flexibility index (Phi) is 7.04. The predicted octanol–water partition coefficient (Wildman–Crippen LogP) is 5.38. The number of carbonyl (C=O) groups excluding carboxylic acids is 2. The molecule has 2 N–H and O–H groups in total. The average molecular weight is 377 g/mol. The molecule has 2 rings (SSSR count). The molecule has 0 saturated carbocycles. The van der Waals surface area contributed by atoms with Crippen molar-refractivity contribution in [2.45, 2.75) is 19.8 Å². The van der Waals surface area contributed by atoms with Crippen molar-refractivity contribution in [2.24, 2.45) is 0 Å². The Labute approximate surface area is 156 Å². The Morgan fingerprint density at radius 1 is 1.04 bits per heavy atom. The molecule has 0 atom stereocenters. The average Bonchev–Trinajstić information content (AvgIpc) is 2.54. The molecule has 6 heteroatoms. The summed E-state index contributed by atoms with van der Waals surface area (Å²) in [6, 6.07) is 12.0. The van der Waals surface area contributed by atoms with E-state index in [1.54, 1.807) is 48.5 Å². The summed E-state index contributed by atoms with van der Waals surface area (Å²) in [4.78, 5) is 23.7. The maximum absolute atomic E-state index is 12.0. The summed E-state index contributed by atoms with van der Waals surface area (Å²) in [5, 5.41) is 6.54. The van der Waals surface area contributed by atoms with E-state index in [0.717, 1.165) is 6.42 Å². The van der Waals surface area contributed by atoms with Crippen molar-refractivity contribution < 1.29 is 9.59 Å². The van der Waals surface area contributed by atoms with Gasteiger partial charge in [0.25, 0.3) is 0 Å². The van der Waals surface area contributed by atoms with Crippen LogP contribution < -0.4 is 10.6 Å². The normalized spacial score (nSPS) is 10.7. The van der Waals surface area contributed by atoms with Crippen LogP contribution in [0.15, 0.2) is 48.5 Å². The van der Waals surface area contributed by atoms with E-state index in [9.17, 15) is 9.59 Å². The lowest BCUT2D eigenvalue weighted by atomic mass is 10.2. The molecule has 2 amide bonds. The van der Waals surface area contributed by atoms with Gasteiger partial charge in [0.05, 0.1) is 0 Å². The highest BCUT2D eigenvalue weighted by Gasteiger charge is 2.04. The SMILES string of the molecule is CCCC(=O)Nc1cccc(NC(=O)/C=C/c2ccc(Cl)cc2Cl)c1. The van der Waals surface area contributed by atoms with Crippen LogP contribution in [-0.2, 0) is 9.59 Å². The molecule has 25 heavy (non-hydrogen) atoms. The lowest BCUT2D eigenvalue weighted by Crippen LogP contribution is -2.12. The van der Waals surface area contributed by atoms with Crippen molar-refractivity contribution >= 4 is 52.5 Å². The van der Waals surface area contributed by atoms with Gasteiger partial charge in [-0.15, -0.1) is 0 Å². The largest absolute Gasteiger partial charge is 0.326 e. The van der Waals surface area contributed by atoms with Crippen molar-refractivity contribution in [2.75, 3.05) is 10.6 Å². The van der Waals surface area contributed by atoms with Crippen molar-refractivity contribution in [1.82, 2.24) is 0 Å². The van der Waals surface area contributed by atoms with E-state index >= 15 is 0 Å². The van der Waals surface area contributed by atoms with Gasteiger partial charge >= 0.3 is 0 Å². The molecule has 0 bridgehead atoms. The Hall–Kier alpha value is -2.30. The third-order valence-electron chi connectivity index (χ3n) is 3.27. The lowest BCUT2D eigenvalue weighted by molar-refractivity contribution is -0.116. The minimum Gasteiger partial charge on any atom is -0.326 e. The van der Waals surface area contributed by atoms with Gasteiger partial charge in [0.15, 0.2) is 0 Å². The summed E-state index contributed by atoms with van der Waals surface area (Å²) >= 11 is 11.9. The minimum absolute atomic E-state index is 0.0525. The third-order valence-corrected chi connectivity index (χ3v) is 3.83. The summed E-state index contributed by atoms with van der Waals surface area (Å²) in [6.45, 7) is 1.94. The summed E-state index contributed by atoms with van der Waals surface area (Å²) < 4.78 is 0. The van der Waals surface area contributed by atoms with Gasteiger partial charge in [-0.05, 0) is 48.4 Å². The van der Waals surface area contributed by atoms with Crippen molar-refractivity contribution in [3.05, 3.63) is 64.1 Å². The standard InChI is InChI=1S/C19H18Cl2N2O2/c1-2-4-18(24)22-15-5-3-6-16(12-15)23-19(25)10-8-13-7-9-14(20)11-17(13)21/h3,5-12H,2,4H2,1H3,(H,22,24)(H,23,25)/b10-8+. The molecule has 130 valence electrons. The highest BCUT2D eigenvalue weighted by atomic mass is 35.5. The number of hydrogen-bond donors (Lipinski definition) is 2. The van der Waals surface area contributed by atoms with Crippen LogP contribution in [0.5, 0.6) is 0 Å². The smallest absolute Gasteiger partial charge is 0.248 e. The zero-order valence-corrected chi connectivity index (χ0v) is 15.2. The van der Waals surface area contributed by atoms with Gasteiger partial charge in [-0.25, -0.2) is 0 Å². The van der Waals surface area contributed by atoms with Crippen LogP contribution in [0.2, 0.25) is 10.0 Å². The Morgan fingerprint density at radius 3 is 2.44 bits per heavy atom. The molecule has 2 aromatic carbocycles. The van der Waals surface area contributed by atoms with Crippen LogP contribution in [0.1, 0.15) is 25.3 Å². The summed E-state index contributed by atoms with van der Waals surface area (Å²) in [5.41, 5.74) is 1.92. The monoisotopic (exact) mass is 376 g/mol. The van der Waals surface area contributed by atoms with Gasteiger partial charge in [-0.3, -0.25) is 9.59 Å². The third kappa shape index (κ3) is 6.25. The van der Waals surface area contributed by atoms with Crippen LogP contribution in [-0.4, -0.2) is 11.8 Å². The number of rotatable bonds is 6. The van der Waals surface area contributed by atoms with Crippen molar-refractivity contribution in [1.29, 1.82) is 0 Å². The first-order valence-electron chi connectivity index (χ1n) is 7.82. The Morgan fingerprint density at radius 2 is 1.76 bits per heavy atom. The number of nitrogens with one attached hydrogen (secondary N) is 2. The van der Waals surface area contributed by atoms with E-state index < -0.39 is 0 Å². The fourth-order valence-corrected chi connectivity index (χ4v) is 2.58. The van der Waals surface area contributed by atoms with Crippen LogP contribution in [0.3, 0.4) is 0 Å². The van der Waals surface area contributed by atoms with Crippen LogP contribution in [0.4, 0.5) is 11.4 Å². The number of anilines is 2. The molecule has 0 spiro atoms. The number of amides is 2. The molecule has 2 aromatic rings. The fourth-order valence-electron chi connectivity index (χ4n) is 2.11. The molecule has 0 heterocycles. The summed E-state index contributed by atoms with van der Waals surface area (Å²) in [6.07, 6.45) is 4.24. The fraction of sp³-hybridized carbons (Fsp3) is 0.158. The first-order valence-corrected chi connectivity index (χ1v) is 8.57. The zero-order chi connectivity index (χ0) is 18.2. The van der Waals surface area contributed by atoms with Crippen molar-refractivity contribution in [3.63, 3.8) is 0 Å². The molecular weight excluding hydrogens is 359 g/mol. The van der Waals surface area contributed by atoms with Gasteiger partial charge in [0.1, 0.15) is 0 Å². The predicted molar refractivity (Wildman–Crippen MR) is 104 cm³/mol.